The number of aliphatic imine (C=N–C) groups is 1. The number of carbonyl (C=O) groups excluding carboxylic acids is 1. The fourth-order valence-corrected chi connectivity index (χ4v) is 2.89. The molecule has 2 aromatic rings. The fourth-order valence-electron chi connectivity index (χ4n) is 2.89. The van der Waals surface area contributed by atoms with Gasteiger partial charge >= 0.3 is 0 Å². The lowest BCUT2D eigenvalue weighted by atomic mass is 10.2. The first-order valence-electron chi connectivity index (χ1n) is 8.25. The maximum Gasteiger partial charge on any atom is 0.231 e. The van der Waals surface area contributed by atoms with E-state index < -0.39 is 0 Å². The highest BCUT2D eigenvalue weighted by molar-refractivity contribution is 14.0. The van der Waals surface area contributed by atoms with Gasteiger partial charge in [0.15, 0.2) is 5.96 Å². The van der Waals surface area contributed by atoms with Crippen LogP contribution in [0, 0.1) is 5.82 Å². The van der Waals surface area contributed by atoms with Gasteiger partial charge in [0, 0.05) is 37.9 Å². The molecule has 0 aliphatic carbocycles. The number of nitrogens with one attached hydrogen (secondary N) is 2. The largest absolute Gasteiger partial charge is 0.355 e. The predicted octanol–water partition coefficient (Wildman–Crippen LogP) is 2.70. The van der Waals surface area contributed by atoms with E-state index in [2.05, 4.69) is 15.6 Å². The zero-order valence-electron chi connectivity index (χ0n) is 14.5. The van der Waals surface area contributed by atoms with E-state index in [-0.39, 0.29) is 35.7 Å². The first-order chi connectivity index (χ1) is 12.2. The van der Waals surface area contributed by atoms with Gasteiger partial charge < -0.3 is 15.5 Å². The van der Waals surface area contributed by atoms with Crippen molar-refractivity contribution < 1.29 is 9.18 Å². The summed E-state index contributed by atoms with van der Waals surface area (Å²) < 4.78 is 13.6. The average Bonchev–Trinajstić information content (AvgIpc) is 2.94. The summed E-state index contributed by atoms with van der Waals surface area (Å²) >= 11 is 0. The van der Waals surface area contributed by atoms with Gasteiger partial charge in [-0.15, -0.1) is 24.0 Å². The van der Waals surface area contributed by atoms with E-state index in [1.807, 2.05) is 24.3 Å². The van der Waals surface area contributed by atoms with Crippen LogP contribution in [0.4, 0.5) is 10.1 Å². The summed E-state index contributed by atoms with van der Waals surface area (Å²) in [6.45, 7) is 1.45. The third kappa shape index (κ3) is 4.72. The van der Waals surface area contributed by atoms with Gasteiger partial charge in [0.05, 0.1) is 6.42 Å². The Balaban J connectivity index is 0.00000243. The van der Waals surface area contributed by atoms with Crippen LogP contribution < -0.4 is 15.5 Å². The van der Waals surface area contributed by atoms with E-state index in [4.69, 9.17) is 0 Å². The quantitative estimate of drug-likeness (QED) is 0.403. The summed E-state index contributed by atoms with van der Waals surface area (Å²) in [5.74, 6) is 0.435. The number of hydrogen-bond donors (Lipinski definition) is 2. The molecule has 0 unspecified atom stereocenters. The molecule has 7 heteroatoms. The number of halogens is 2. The lowest BCUT2D eigenvalue weighted by Gasteiger charge is -2.19. The molecule has 3 rings (SSSR count). The molecular weight excluding hydrogens is 446 g/mol. The van der Waals surface area contributed by atoms with Gasteiger partial charge in [-0.05, 0) is 17.7 Å². The van der Waals surface area contributed by atoms with Crippen LogP contribution in [-0.2, 0) is 17.8 Å². The molecule has 2 aromatic carbocycles. The normalized spacial score (nSPS) is 13.2. The molecule has 0 fully saturated rings. The maximum absolute atomic E-state index is 13.6. The molecule has 1 aliphatic heterocycles. The second-order valence-corrected chi connectivity index (χ2v) is 5.79. The number of para-hydroxylation sites is 1. The monoisotopic (exact) mass is 468 g/mol. The summed E-state index contributed by atoms with van der Waals surface area (Å²) in [5.41, 5.74) is 2.62. The number of nitrogens with zero attached hydrogens (tertiary/aromatic N) is 2. The maximum atomic E-state index is 13.6. The van der Waals surface area contributed by atoms with Crippen molar-refractivity contribution in [1.82, 2.24) is 10.6 Å². The Morgan fingerprint density at radius 3 is 2.65 bits per heavy atom. The Hall–Kier alpha value is -2.16. The van der Waals surface area contributed by atoms with Crippen LogP contribution in [0.25, 0.3) is 0 Å². The lowest BCUT2D eigenvalue weighted by molar-refractivity contribution is -0.117. The number of carbonyl (C=O) groups is 1. The summed E-state index contributed by atoms with van der Waals surface area (Å²) in [6, 6.07) is 14.5. The summed E-state index contributed by atoms with van der Waals surface area (Å²) in [7, 11) is 1.66. The molecule has 1 heterocycles. The molecule has 5 nitrogen and oxygen atoms in total. The summed E-state index contributed by atoms with van der Waals surface area (Å²) in [6.07, 6.45) is 0.455. The van der Waals surface area contributed by atoms with Gasteiger partial charge in [0.2, 0.25) is 5.91 Å². The zero-order valence-corrected chi connectivity index (χ0v) is 16.9. The number of hydrogen-bond acceptors (Lipinski definition) is 2. The first-order valence-corrected chi connectivity index (χ1v) is 8.25. The minimum Gasteiger partial charge on any atom is -0.355 e. The Morgan fingerprint density at radius 2 is 1.88 bits per heavy atom. The molecule has 0 aromatic heterocycles. The topological polar surface area (TPSA) is 56.7 Å². The Bertz CT molecular complexity index is 797. The van der Waals surface area contributed by atoms with Gasteiger partial charge in [-0.25, -0.2) is 4.39 Å². The smallest absolute Gasteiger partial charge is 0.231 e. The number of amides is 1. The summed E-state index contributed by atoms with van der Waals surface area (Å²) in [4.78, 5) is 18.0. The van der Waals surface area contributed by atoms with Crippen molar-refractivity contribution in [3.05, 3.63) is 65.5 Å². The molecule has 1 amide bonds. The molecule has 0 saturated carbocycles. The van der Waals surface area contributed by atoms with Crippen LogP contribution in [-0.4, -0.2) is 32.0 Å². The van der Waals surface area contributed by atoms with Crippen molar-refractivity contribution in [2.24, 2.45) is 4.99 Å². The van der Waals surface area contributed by atoms with Crippen molar-refractivity contribution in [1.29, 1.82) is 0 Å². The van der Waals surface area contributed by atoms with E-state index >= 15 is 0 Å². The van der Waals surface area contributed by atoms with E-state index in [0.717, 1.165) is 11.3 Å². The number of rotatable bonds is 5. The molecule has 0 bridgehead atoms. The van der Waals surface area contributed by atoms with Crippen LogP contribution in [0.5, 0.6) is 0 Å². The van der Waals surface area contributed by atoms with E-state index in [1.54, 1.807) is 30.1 Å². The number of guanidine groups is 1. The molecule has 0 saturated heterocycles. The third-order valence-corrected chi connectivity index (χ3v) is 4.18. The van der Waals surface area contributed by atoms with E-state index in [9.17, 15) is 9.18 Å². The second-order valence-electron chi connectivity index (χ2n) is 5.79. The van der Waals surface area contributed by atoms with E-state index in [0.29, 0.717) is 37.6 Å². The van der Waals surface area contributed by atoms with Crippen molar-refractivity contribution in [3.8, 4) is 0 Å². The molecule has 1 aliphatic rings. The van der Waals surface area contributed by atoms with Crippen molar-refractivity contribution in [2.45, 2.75) is 13.0 Å². The Kier molecular flexibility index (Phi) is 7.38. The molecule has 138 valence electrons. The number of benzene rings is 2. The Morgan fingerprint density at radius 1 is 1.15 bits per heavy atom. The van der Waals surface area contributed by atoms with Crippen LogP contribution in [0.15, 0.2) is 53.5 Å². The minimum absolute atomic E-state index is 0. The second kappa shape index (κ2) is 9.51. The molecule has 2 N–H and O–H groups in total. The molecular formula is C19H22FIN4O. The van der Waals surface area contributed by atoms with E-state index in [1.165, 1.54) is 6.07 Å². The standard InChI is InChI=1S/C19H21FN4O.HI/c1-21-19(23-13-15-7-2-4-8-16(15)20)22-10-11-24-17-9-5-3-6-14(17)12-18(24)25;/h2-9H,10-13H2,1H3,(H2,21,22,23);1H. The van der Waals surface area contributed by atoms with Crippen LogP contribution in [0.2, 0.25) is 0 Å². The molecule has 0 radical (unpaired) electrons. The fraction of sp³-hybridized carbons (Fsp3) is 0.263. The highest BCUT2D eigenvalue weighted by Gasteiger charge is 2.26. The molecule has 0 atom stereocenters. The van der Waals surface area contributed by atoms with Gasteiger partial charge in [-0.2, -0.15) is 0 Å². The van der Waals surface area contributed by atoms with Gasteiger partial charge in [0.1, 0.15) is 5.82 Å². The highest BCUT2D eigenvalue weighted by Crippen LogP contribution is 2.27. The lowest BCUT2D eigenvalue weighted by Crippen LogP contribution is -2.42. The number of fused-ring (bicyclic) bond motifs is 1. The van der Waals surface area contributed by atoms with Crippen molar-refractivity contribution >= 4 is 41.5 Å². The molecule has 26 heavy (non-hydrogen) atoms. The van der Waals surface area contributed by atoms with Crippen LogP contribution in [0.3, 0.4) is 0 Å². The average molecular weight is 468 g/mol. The van der Waals surface area contributed by atoms with Gasteiger partial charge in [-0.3, -0.25) is 9.79 Å². The summed E-state index contributed by atoms with van der Waals surface area (Å²) in [5, 5.41) is 6.24. The first kappa shape index (κ1) is 20.2. The minimum atomic E-state index is -0.246. The van der Waals surface area contributed by atoms with Gasteiger partial charge in [-0.1, -0.05) is 36.4 Å². The Labute approximate surface area is 169 Å². The SMILES string of the molecule is CN=C(NCCN1C(=O)Cc2ccccc21)NCc1ccccc1F.I. The number of anilines is 1. The predicted molar refractivity (Wildman–Crippen MR) is 113 cm³/mol. The van der Waals surface area contributed by atoms with Crippen molar-refractivity contribution in [2.75, 3.05) is 25.0 Å². The zero-order chi connectivity index (χ0) is 17.6. The third-order valence-electron chi connectivity index (χ3n) is 4.18. The van der Waals surface area contributed by atoms with Crippen LogP contribution >= 0.6 is 24.0 Å². The highest BCUT2D eigenvalue weighted by atomic mass is 127. The van der Waals surface area contributed by atoms with Crippen LogP contribution in [0.1, 0.15) is 11.1 Å². The van der Waals surface area contributed by atoms with Gasteiger partial charge in [0.25, 0.3) is 0 Å². The van der Waals surface area contributed by atoms with Crippen molar-refractivity contribution in [3.63, 3.8) is 0 Å². The molecule has 0 spiro atoms.